The maximum absolute atomic E-state index is 11.9. The molecule has 1 aromatic carbocycles. The van der Waals surface area contributed by atoms with E-state index in [0.29, 0.717) is 10.7 Å². The summed E-state index contributed by atoms with van der Waals surface area (Å²) in [5.41, 5.74) is 1.03. The molecule has 7 heteroatoms. The van der Waals surface area contributed by atoms with Crippen LogP contribution in [-0.4, -0.2) is 34.3 Å². The molecule has 0 fully saturated rings. The van der Waals surface area contributed by atoms with E-state index in [1.54, 1.807) is 10.9 Å². The third kappa shape index (κ3) is 4.23. The van der Waals surface area contributed by atoms with Crippen LogP contribution < -0.4 is 4.90 Å². The quantitative estimate of drug-likeness (QED) is 0.849. The first-order chi connectivity index (χ1) is 10.1. The monoisotopic (exact) mass is 355 g/mol. The van der Waals surface area contributed by atoms with Gasteiger partial charge in [-0.3, -0.25) is 4.21 Å². The van der Waals surface area contributed by atoms with Crippen LogP contribution in [0.4, 0.5) is 5.82 Å². The molecule has 2 rings (SSSR count). The zero-order chi connectivity index (χ0) is 16.0. The van der Waals surface area contributed by atoms with Gasteiger partial charge in [0, 0.05) is 38.9 Å². The van der Waals surface area contributed by atoms with Gasteiger partial charge in [0.15, 0.2) is 5.69 Å². The largest absolute Gasteiger partial charge is 0.362 e. The van der Waals surface area contributed by atoms with E-state index in [0.717, 1.165) is 5.69 Å². The third-order valence-corrected chi connectivity index (χ3v) is 3.59. The summed E-state index contributed by atoms with van der Waals surface area (Å²) in [5.74, 6) is 0.670. The molecule has 5 nitrogen and oxygen atoms in total. The van der Waals surface area contributed by atoms with Crippen molar-refractivity contribution in [2.45, 2.75) is 18.7 Å². The van der Waals surface area contributed by atoms with Crippen molar-refractivity contribution in [3.8, 4) is 11.8 Å². The number of anilines is 1. The Kier molecular flexibility index (Phi) is 8.80. The Labute approximate surface area is 146 Å². The second-order valence-corrected chi connectivity index (χ2v) is 5.53. The van der Waals surface area contributed by atoms with E-state index in [1.807, 2.05) is 69.2 Å². The van der Waals surface area contributed by atoms with Crippen LogP contribution in [0, 0.1) is 11.3 Å². The van der Waals surface area contributed by atoms with Crippen LogP contribution >= 0.6 is 0 Å². The zero-order valence-corrected chi connectivity index (χ0v) is 15.7. The number of hydrogen-bond acceptors (Lipinski definition) is 4. The first-order valence-corrected chi connectivity index (χ1v) is 8.21. The topological polar surface area (TPSA) is 61.9 Å². The fraction of sp³-hybridized carbons (Fsp3) is 0.333. The molecule has 0 saturated carbocycles. The molecule has 0 bridgehead atoms. The fourth-order valence-electron chi connectivity index (χ4n) is 1.87. The molecule has 1 heterocycles. The van der Waals surface area contributed by atoms with E-state index >= 15 is 0 Å². The first kappa shape index (κ1) is 20.5. The van der Waals surface area contributed by atoms with Gasteiger partial charge in [-0.05, 0) is 12.1 Å². The van der Waals surface area contributed by atoms with Crippen molar-refractivity contribution in [1.82, 2.24) is 9.78 Å². The molecular weight excluding hydrogens is 335 g/mol. The fourth-order valence-corrected chi connectivity index (χ4v) is 2.76. The molecular formula is C15H20N4OSV. The molecule has 1 aromatic heterocycles. The second-order valence-electron chi connectivity index (χ2n) is 4.21. The van der Waals surface area contributed by atoms with Gasteiger partial charge in [-0.1, -0.05) is 32.0 Å². The molecule has 0 aliphatic carbocycles. The number of hydrogen-bond donors (Lipinski definition) is 0. The van der Waals surface area contributed by atoms with Gasteiger partial charge in [-0.2, -0.15) is 10.4 Å². The molecule has 0 N–H and O–H groups in total. The predicted molar refractivity (Wildman–Crippen MR) is 86.3 cm³/mol. The molecule has 1 unspecified atom stereocenters. The average Bonchev–Trinajstić information content (AvgIpc) is 2.90. The summed E-state index contributed by atoms with van der Waals surface area (Å²) in [6.07, 6.45) is 1.56. The summed E-state index contributed by atoms with van der Waals surface area (Å²) >= 11 is 0. The molecule has 0 amide bonds. The van der Waals surface area contributed by atoms with Gasteiger partial charge in [0.2, 0.25) is 0 Å². The number of nitriles is 1. The number of aromatic nitrogens is 2. The molecule has 0 aliphatic rings. The van der Waals surface area contributed by atoms with Gasteiger partial charge in [0.1, 0.15) is 16.8 Å². The molecule has 117 valence electrons. The van der Waals surface area contributed by atoms with Crippen molar-refractivity contribution in [3.63, 3.8) is 0 Å². The van der Waals surface area contributed by atoms with Crippen LogP contribution in [-0.2, 0) is 29.4 Å². The van der Waals surface area contributed by atoms with Gasteiger partial charge >= 0.3 is 0 Å². The van der Waals surface area contributed by atoms with Gasteiger partial charge in [0.25, 0.3) is 0 Å². The Hall–Kier alpha value is -1.55. The molecule has 1 radical (unpaired) electrons. The molecule has 22 heavy (non-hydrogen) atoms. The van der Waals surface area contributed by atoms with E-state index in [4.69, 9.17) is 5.26 Å². The van der Waals surface area contributed by atoms with Crippen LogP contribution in [0.3, 0.4) is 0 Å². The standard InChI is InChI=1S/C13H14N4OS.C2H6.V/c1-16(2)13-12(19(3)18)11(9-14)15-17(13)10-7-5-4-6-8-10;1-2;/h4-8H,1-3H3;1-2H3;. The minimum atomic E-state index is -1.27. The third-order valence-electron chi connectivity index (χ3n) is 2.64. The summed E-state index contributed by atoms with van der Waals surface area (Å²) in [6.45, 7) is 4.00. The van der Waals surface area contributed by atoms with Gasteiger partial charge in [-0.25, -0.2) is 4.68 Å². The Morgan fingerprint density at radius 1 is 1.23 bits per heavy atom. The number of rotatable bonds is 3. The van der Waals surface area contributed by atoms with E-state index in [2.05, 4.69) is 5.10 Å². The van der Waals surface area contributed by atoms with Crippen LogP contribution in [0.15, 0.2) is 35.2 Å². The summed E-state index contributed by atoms with van der Waals surface area (Å²) in [6, 6.07) is 11.5. The number of benzene rings is 1. The van der Waals surface area contributed by atoms with E-state index < -0.39 is 10.8 Å². The van der Waals surface area contributed by atoms with Gasteiger partial charge in [-0.15, -0.1) is 0 Å². The van der Waals surface area contributed by atoms with Crippen LogP contribution in [0.2, 0.25) is 0 Å². The van der Waals surface area contributed by atoms with Crippen molar-refractivity contribution in [2.24, 2.45) is 0 Å². The number of nitrogens with zero attached hydrogens (tertiary/aromatic N) is 4. The maximum Gasteiger partial charge on any atom is 0.181 e. The summed E-state index contributed by atoms with van der Waals surface area (Å²) in [5, 5.41) is 13.4. The van der Waals surface area contributed by atoms with Crippen LogP contribution in [0.25, 0.3) is 5.69 Å². The van der Waals surface area contributed by atoms with E-state index in [1.165, 1.54) is 0 Å². The number of para-hydroxylation sites is 1. The minimum Gasteiger partial charge on any atom is -0.362 e. The maximum atomic E-state index is 11.9. The summed E-state index contributed by atoms with van der Waals surface area (Å²) < 4.78 is 13.5. The normalized spacial score (nSPS) is 10.5. The minimum absolute atomic E-state index is 0. The SMILES string of the molecule is CC.CN(C)c1c(S(C)=O)c(C#N)nn1-c1ccccc1.[V]. The van der Waals surface area contributed by atoms with E-state index in [9.17, 15) is 4.21 Å². The van der Waals surface area contributed by atoms with Crippen LogP contribution in [0.5, 0.6) is 0 Å². The average molecular weight is 355 g/mol. The van der Waals surface area contributed by atoms with Gasteiger partial charge < -0.3 is 4.90 Å². The summed E-state index contributed by atoms with van der Waals surface area (Å²) in [7, 11) is 2.41. The van der Waals surface area contributed by atoms with Crippen molar-refractivity contribution >= 4 is 16.6 Å². The molecule has 0 saturated heterocycles. The Bertz CT molecular complexity index is 662. The Balaban J connectivity index is 0.00000141. The van der Waals surface area contributed by atoms with Crippen molar-refractivity contribution in [1.29, 1.82) is 5.26 Å². The van der Waals surface area contributed by atoms with Gasteiger partial charge in [0.05, 0.1) is 16.5 Å². The zero-order valence-electron chi connectivity index (χ0n) is 13.4. The first-order valence-electron chi connectivity index (χ1n) is 6.65. The van der Waals surface area contributed by atoms with Crippen LogP contribution in [0.1, 0.15) is 19.5 Å². The van der Waals surface area contributed by atoms with Crippen molar-refractivity contribution < 1.29 is 22.8 Å². The molecule has 2 aromatic rings. The second kappa shape index (κ2) is 9.47. The van der Waals surface area contributed by atoms with E-state index in [-0.39, 0.29) is 24.2 Å². The summed E-state index contributed by atoms with van der Waals surface area (Å²) in [4.78, 5) is 2.29. The van der Waals surface area contributed by atoms with Crippen molar-refractivity contribution in [3.05, 3.63) is 36.0 Å². The smallest absolute Gasteiger partial charge is 0.181 e. The van der Waals surface area contributed by atoms with Crippen molar-refractivity contribution in [2.75, 3.05) is 25.3 Å². The predicted octanol–water partition coefficient (Wildman–Crippen LogP) is 2.57. The Morgan fingerprint density at radius 2 is 1.77 bits per heavy atom. The molecule has 0 spiro atoms. The molecule has 0 aliphatic heterocycles. The molecule has 1 atom stereocenters. The Morgan fingerprint density at radius 3 is 2.18 bits per heavy atom.